The molecule has 0 aliphatic heterocycles. The van der Waals surface area contributed by atoms with Crippen molar-refractivity contribution in [3.8, 4) is 0 Å². The molecule has 0 saturated heterocycles. The summed E-state index contributed by atoms with van der Waals surface area (Å²) in [6, 6.07) is 8.28. The Balaban J connectivity index is 1.96. The molecule has 74 valence electrons. The fraction of sp³-hybridized carbons (Fsp3) is 0.385. The maximum atomic E-state index is 5.65. The summed E-state index contributed by atoms with van der Waals surface area (Å²) in [4.78, 5) is 0. The van der Waals surface area contributed by atoms with Crippen LogP contribution < -0.4 is 5.73 Å². The van der Waals surface area contributed by atoms with Gasteiger partial charge in [0, 0.05) is 5.69 Å². The highest BCUT2D eigenvalue weighted by atomic mass is 14.5. The van der Waals surface area contributed by atoms with E-state index in [2.05, 4.69) is 24.3 Å². The van der Waals surface area contributed by atoms with Crippen molar-refractivity contribution in [2.45, 2.75) is 25.7 Å². The zero-order valence-electron chi connectivity index (χ0n) is 8.45. The molecule has 0 saturated carbocycles. The number of allylic oxidation sites excluding steroid dienone is 2. The average Bonchev–Trinajstić information content (AvgIpc) is 2.23. The summed E-state index contributed by atoms with van der Waals surface area (Å²) < 4.78 is 0. The molecule has 1 heteroatoms. The van der Waals surface area contributed by atoms with Crippen molar-refractivity contribution in [1.82, 2.24) is 0 Å². The third-order valence-electron chi connectivity index (χ3n) is 2.88. The summed E-state index contributed by atoms with van der Waals surface area (Å²) in [6.45, 7) is 0. The predicted molar refractivity (Wildman–Crippen MR) is 61.0 cm³/mol. The molecule has 0 spiro atoms. The van der Waals surface area contributed by atoms with E-state index in [9.17, 15) is 0 Å². The van der Waals surface area contributed by atoms with Gasteiger partial charge < -0.3 is 5.73 Å². The minimum absolute atomic E-state index is 0.837. The molecule has 1 aromatic rings. The first kappa shape index (κ1) is 9.32. The molecule has 1 atom stereocenters. The first-order chi connectivity index (χ1) is 6.84. The van der Waals surface area contributed by atoms with Gasteiger partial charge in [0.25, 0.3) is 0 Å². The van der Waals surface area contributed by atoms with Crippen LogP contribution in [-0.4, -0.2) is 0 Å². The lowest BCUT2D eigenvalue weighted by Gasteiger charge is -2.17. The Labute approximate surface area is 85.6 Å². The van der Waals surface area contributed by atoms with Crippen molar-refractivity contribution in [1.29, 1.82) is 0 Å². The molecule has 0 amide bonds. The third-order valence-corrected chi connectivity index (χ3v) is 2.88. The second kappa shape index (κ2) is 4.32. The van der Waals surface area contributed by atoms with Gasteiger partial charge in [-0.25, -0.2) is 0 Å². The van der Waals surface area contributed by atoms with E-state index in [1.807, 2.05) is 12.1 Å². The number of benzene rings is 1. The molecule has 2 rings (SSSR count). The number of rotatable bonds is 2. The summed E-state index contributed by atoms with van der Waals surface area (Å²) in [5.41, 5.74) is 7.92. The molecule has 0 heterocycles. The third kappa shape index (κ3) is 2.38. The molecular formula is C13H17N. The molecule has 2 N–H and O–H groups in total. The summed E-state index contributed by atoms with van der Waals surface area (Å²) in [5.74, 6) is 0.837. The second-order valence-electron chi connectivity index (χ2n) is 4.10. The molecule has 1 unspecified atom stereocenters. The van der Waals surface area contributed by atoms with E-state index in [0.29, 0.717) is 0 Å². The Morgan fingerprint density at radius 1 is 1.14 bits per heavy atom. The standard InChI is InChI=1S/C13H17N/c14-13-8-6-12(7-9-13)10-11-4-2-1-3-5-11/h1-2,6-9,11H,3-5,10,14H2. The molecule has 14 heavy (non-hydrogen) atoms. The lowest BCUT2D eigenvalue weighted by atomic mass is 9.88. The fourth-order valence-corrected chi connectivity index (χ4v) is 2.03. The van der Waals surface area contributed by atoms with E-state index < -0.39 is 0 Å². The zero-order chi connectivity index (χ0) is 9.80. The van der Waals surface area contributed by atoms with Crippen LogP contribution in [0.4, 0.5) is 5.69 Å². The molecule has 0 bridgehead atoms. The Morgan fingerprint density at radius 3 is 2.57 bits per heavy atom. The largest absolute Gasteiger partial charge is 0.399 e. The number of anilines is 1. The van der Waals surface area contributed by atoms with Gasteiger partial charge in [-0.15, -0.1) is 0 Å². The van der Waals surface area contributed by atoms with Crippen molar-refractivity contribution in [3.05, 3.63) is 42.0 Å². The first-order valence-corrected chi connectivity index (χ1v) is 5.34. The SMILES string of the molecule is Nc1ccc(CC2CC=CCC2)cc1. The van der Waals surface area contributed by atoms with Gasteiger partial charge in [-0.1, -0.05) is 24.3 Å². The highest BCUT2D eigenvalue weighted by Crippen LogP contribution is 2.22. The van der Waals surface area contributed by atoms with E-state index in [1.165, 1.54) is 31.2 Å². The number of nitrogen functional groups attached to an aromatic ring is 1. The van der Waals surface area contributed by atoms with E-state index >= 15 is 0 Å². The van der Waals surface area contributed by atoms with Crippen molar-refractivity contribution in [3.63, 3.8) is 0 Å². The molecule has 1 aliphatic carbocycles. The number of hydrogen-bond acceptors (Lipinski definition) is 1. The Hall–Kier alpha value is -1.24. The van der Waals surface area contributed by atoms with Crippen LogP contribution in [0.3, 0.4) is 0 Å². The predicted octanol–water partition coefficient (Wildman–Crippen LogP) is 3.17. The van der Waals surface area contributed by atoms with Crippen LogP contribution in [0.1, 0.15) is 24.8 Å². The maximum absolute atomic E-state index is 5.65. The summed E-state index contributed by atoms with van der Waals surface area (Å²) in [6.07, 6.45) is 9.63. The van der Waals surface area contributed by atoms with E-state index in [1.54, 1.807) is 0 Å². The molecule has 1 nitrogen and oxygen atoms in total. The fourth-order valence-electron chi connectivity index (χ4n) is 2.03. The molecule has 1 aromatic carbocycles. The highest BCUT2D eigenvalue weighted by Gasteiger charge is 2.09. The highest BCUT2D eigenvalue weighted by molar-refractivity contribution is 5.39. The van der Waals surface area contributed by atoms with Gasteiger partial charge in [0.2, 0.25) is 0 Å². The quantitative estimate of drug-likeness (QED) is 0.558. The lowest BCUT2D eigenvalue weighted by Crippen LogP contribution is -2.06. The Bertz CT molecular complexity index is 311. The average molecular weight is 187 g/mol. The monoisotopic (exact) mass is 187 g/mol. The summed E-state index contributed by atoms with van der Waals surface area (Å²) in [7, 11) is 0. The second-order valence-corrected chi connectivity index (χ2v) is 4.10. The van der Waals surface area contributed by atoms with E-state index in [-0.39, 0.29) is 0 Å². The van der Waals surface area contributed by atoms with Crippen LogP contribution >= 0.6 is 0 Å². The lowest BCUT2D eigenvalue weighted by molar-refractivity contribution is 0.477. The van der Waals surface area contributed by atoms with Crippen molar-refractivity contribution in [2.24, 2.45) is 5.92 Å². The van der Waals surface area contributed by atoms with Crippen molar-refractivity contribution in [2.75, 3.05) is 5.73 Å². The maximum Gasteiger partial charge on any atom is 0.0314 e. The molecular weight excluding hydrogens is 170 g/mol. The molecule has 0 aromatic heterocycles. The molecule has 0 radical (unpaired) electrons. The Morgan fingerprint density at radius 2 is 1.93 bits per heavy atom. The molecule has 1 aliphatic rings. The summed E-state index contributed by atoms with van der Waals surface area (Å²) in [5, 5.41) is 0. The van der Waals surface area contributed by atoms with Gasteiger partial charge in [0.15, 0.2) is 0 Å². The normalized spacial score (nSPS) is 21.0. The molecule has 0 fully saturated rings. The topological polar surface area (TPSA) is 26.0 Å². The van der Waals surface area contributed by atoms with Gasteiger partial charge in [-0.3, -0.25) is 0 Å². The van der Waals surface area contributed by atoms with Gasteiger partial charge in [0.1, 0.15) is 0 Å². The smallest absolute Gasteiger partial charge is 0.0314 e. The van der Waals surface area contributed by atoms with Gasteiger partial charge in [0.05, 0.1) is 0 Å². The van der Waals surface area contributed by atoms with Crippen LogP contribution in [0.15, 0.2) is 36.4 Å². The van der Waals surface area contributed by atoms with Crippen LogP contribution in [-0.2, 0) is 6.42 Å². The number of nitrogens with two attached hydrogens (primary N) is 1. The summed E-state index contributed by atoms with van der Waals surface area (Å²) >= 11 is 0. The minimum Gasteiger partial charge on any atom is -0.399 e. The van der Waals surface area contributed by atoms with Crippen molar-refractivity contribution < 1.29 is 0 Å². The van der Waals surface area contributed by atoms with Gasteiger partial charge in [-0.05, 0) is 49.3 Å². The van der Waals surface area contributed by atoms with Gasteiger partial charge in [-0.2, -0.15) is 0 Å². The van der Waals surface area contributed by atoms with E-state index in [4.69, 9.17) is 5.73 Å². The zero-order valence-corrected chi connectivity index (χ0v) is 8.45. The van der Waals surface area contributed by atoms with Crippen molar-refractivity contribution >= 4 is 5.69 Å². The van der Waals surface area contributed by atoms with Gasteiger partial charge >= 0.3 is 0 Å². The van der Waals surface area contributed by atoms with Crippen LogP contribution in [0.25, 0.3) is 0 Å². The Kier molecular flexibility index (Phi) is 2.87. The first-order valence-electron chi connectivity index (χ1n) is 5.34. The van der Waals surface area contributed by atoms with E-state index in [0.717, 1.165) is 11.6 Å². The number of hydrogen-bond donors (Lipinski definition) is 1. The van der Waals surface area contributed by atoms with Crippen LogP contribution in [0.2, 0.25) is 0 Å². The minimum atomic E-state index is 0.837. The van der Waals surface area contributed by atoms with Crippen LogP contribution in [0, 0.1) is 5.92 Å². The van der Waals surface area contributed by atoms with Crippen LogP contribution in [0.5, 0.6) is 0 Å².